The SMILES string of the molecule is Cn1[c](=[Pt])n(-c2cccc(Oc3ccc4c(c3)N(c3ccccn3)CC(C)(C)C4)c2)c2ccccc21. The molecule has 6 rings (SSSR count). The molecule has 0 amide bonds. The van der Waals surface area contributed by atoms with Gasteiger partial charge < -0.3 is 0 Å². The van der Waals surface area contributed by atoms with E-state index in [0.29, 0.717) is 0 Å². The average Bonchev–Trinajstić information content (AvgIpc) is 3.14. The Kier molecular flexibility index (Phi) is 5.69. The Labute approximate surface area is 222 Å². The van der Waals surface area contributed by atoms with Gasteiger partial charge in [0.25, 0.3) is 0 Å². The molecule has 1 aliphatic rings. The molecule has 36 heavy (non-hydrogen) atoms. The molecule has 1 aliphatic heterocycles. The van der Waals surface area contributed by atoms with Gasteiger partial charge in [0.1, 0.15) is 0 Å². The molecule has 0 spiro atoms. The normalized spacial score (nSPS) is 14.6. The third kappa shape index (κ3) is 4.12. The minimum absolute atomic E-state index is 0.161. The van der Waals surface area contributed by atoms with E-state index in [1.165, 1.54) is 22.3 Å². The minimum atomic E-state index is 0.161. The topological polar surface area (TPSA) is 35.2 Å². The molecule has 6 heteroatoms. The molecule has 3 aromatic carbocycles. The average molecular weight is 656 g/mol. The number of rotatable bonds is 4. The van der Waals surface area contributed by atoms with Gasteiger partial charge in [0.2, 0.25) is 0 Å². The van der Waals surface area contributed by atoms with Gasteiger partial charge in [0.05, 0.1) is 0 Å². The Morgan fingerprint density at radius 2 is 1.64 bits per heavy atom. The van der Waals surface area contributed by atoms with Crippen LogP contribution in [0.25, 0.3) is 16.7 Å². The second-order valence-electron chi connectivity index (χ2n) is 10.1. The van der Waals surface area contributed by atoms with Gasteiger partial charge in [-0.25, -0.2) is 0 Å². The number of ether oxygens (including phenoxy) is 1. The number of fused-ring (bicyclic) bond motifs is 2. The molecule has 0 atom stereocenters. The first-order valence-corrected chi connectivity index (χ1v) is 13.2. The van der Waals surface area contributed by atoms with E-state index in [2.05, 4.69) is 126 Å². The van der Waals surface area contributed by atoms with Crippen molar-refractivity contribution in [1.82, 2.24) is 14.1 Å². The number of aryl methyl sites for hydroxylation is 1. The van der Waals surface area contributed by atoms with Crippen LogP contribution in [0.1, 0.15) is 19.4 Å². The van der Waals surface area contributed by atoms with Crippen molar-refractivity contribution < 1.29 is 24.1 Å². The first-order valence-electron chi connectivity index (χ1n) is 12.1. The maximum absolute atomic E-state index is 6.43. The van der Waals surface area contributed by atoms with E-state index in [9.17, 15) is 0 Å². The standard InChI is InChI=1S/C30H28N4O.Pt/c1-30(2)19-22-14-15-25(18-28(22)33(20-30)29-13-6-7-16-31-29)35-24-10-8-9-23(17-24)34-21-32(3)26-11-4-5-12-27(26)34;/h4-18H,19-20H2,1-3H3;. The first kappa shape index (κ1) is 23.0. The zero-order valence-electron chi connectivity index (χ0n) is 20.6. The van der Waals surface area contributed by atoms with Crippen LogP contribution in [0, 0.1) is 9.22 Å². The molecular formula is C30H28N4OPt. The van der Waals surface area contributed by atoms with Gasteiger partial charge >= 0.3 is 190 Å². The number of anilines is 2. The van der Waals surface area contributed by atoms with Crippen LogP contribution in [0.15, 0.2) is 91.1 Å². The molecule has 184 valence electrons. The zero-order chi connectivity index (χ0) is 24.9. The van der Waals surface area contributed by atoms with Crippen LogP contribution < -0.4 is 9.64 Å². The van der Waals surface area contributed by atoms with E-state index in [1.807, 2.05) is 24.4 Å². The van der Waals surface area contributed by atoms with Crippen LogP contribution in [-0.4, -0.2) is 20.7 Å². The number of aromatic nitrogens is 3. The van der Waals surface area contributed by atoms with Gasteiger partial charge in [-0.2, -0.15) is 0 Å². The van der Waals surface area contributed by atoms with Crippen molar-refractivity contribution in [2.75, 3.05) is 11.4 Å². The Morgan fingerprint density at radius 1 is 0.861 bits per heavy atom. The van der Waals surface area contributed by atoms with E-state index in [1.54, 1.807) is 0 Å². The zero-order valence-corrected chi connectivity index (χ0v) is 22.9. The second kappa shape index (κ2) is 8.90. The molecule has 5 nitrogen and oxygen atoms in total. The van der Waals surface area contributed by atoms with Crippen molar-refractivity contribution in [2.24, 2.45) is 12.5 Å². The van der Waals surface area contributed by atoms with Crippen LogP contribution in [0.5, 0.6) is 11.5 Å². The number of hydrogen-bond acceptors (Lipinski definition) is 3. The van der Waals surface area contributed by atoms with Gasteiger partial charge in [-0.3, -0.25) is 0 Å². The monoisotopic (exact) mass is 655 g/mol. The van der Waals surface area contributed by atoms with Crippen molar-refractivity contribution in [1.29, 1.82) is 0 Å². The Morgan fingerprint density at radius 3 is 2.44 bits per heavy atom. The summed E-state index contributed by atoms with van der Waals surface area (Å²) in [5.41, 5.74) is 6.09. The fraction of sp³-hybridized carbons (Fsp3) is 0.200. The van der Waals surface area contributed by atoms with Crippen LogP contribution in [0.2, 0.25) is 0 Å². The van der Waals surface area contributed by atoms with Crippen LogP contribution in [0.4, 0.5) is 11.5 Å². The summed E-state index contributed by atoms with van der Waals surface area (Å²) in [6.07, 6.45) is 2.88. The van der Waals surface area contributed by atoms with E-state index in [4.69, 9.17) is 4.74 Å². The Bertz CT molecular complexity index is 1630. The van der Waals surface area contributed by atoms with Crippen molar-refractivity contribution in [2.45, 2.75) is 20.3 Å². The first-order chi connectivity index (χ1) is 17.4. The number of pyridine rings is 1. The fourth-order valence-electron chi connectivity index (χ4n) is 5.14. The summed E-state index contributed by atoms with van der Waals surface area (Å²) in [7, 11) is 2.10. The van der Waals surface area contributed by atoms with Crippen LogP contribution in [0.3, 0.4) is 0 Å². The number of nitrogens with zero attached hydrogens (tertiary/aromatic N) is 4. The van der Waals surface area contributed by atoms with Gasteiger partial charge in [-0.15, -0.1) is 0 Å². The van der Waals surface area contributed by atoms with E-state index in [-0.39, 0.29) is 5.41 Å². The molecule has 0 saturated carbocycles. The molecule has 2 aromatic heterocycles. The van der Waals surface area contributed by atoms with Crippen molar-refractivity contribution in [3.8, 4) is 17.2 Å². The summed E-state index contributed by atoms with van der Waals surface area (Å²) in [5.74, 6) is 2.60. The van der Waals surface area contributed by atoms with Crippen molar-refractivity contribution in [3.63, 3.8) is 0 Å². The number of hydrogen-bond donors (Lipinski definition) is 0. The van der Waals surface area contributed by atoms with Gasteiger partial charge in [-0.05, 0) is 6.07 Å². The van der Waals surface area contributed by atoms with Crippen molar-refractivity contribution >= 4 is 22.5 Å². The van der Waals surface area contributed by atoms with Crippen LogP contribution >= 0.6 is 0 Å². The molecule has 0 saturated heterocycles. The number of benzene rings is 3. The fourth-order valence-corrected chi connectivity index (χ4v) is 5.98. The van der Waals surface area contributed by atoms with Crippen molar-refractivity contribution in [3.05, 3.63) is 100 Å². The third-order valence-electron chi connectivity index (χ3n) is 6.75. The summed E-state index contributed by atoms with van der Waals surface area (Å²) in [6.45, 7) is 5.54. The quantitative estimate of drug-likeness (QED) is 0.210. The van der Waals surface area contributed by atoms with Gasteiger partial charge in [0.15, 0.2) is 0 Å². The summed E-state index contributed by atoms with van der Waals surface area (Å²) < 4.78 is 12.0. The molecule has 0 radical (unpaired) electrons. The molecular weight excluding hydrogens is 627 g/mol. The molecule has 3 heterocycles. The van der Waals surface area contributed by atoms with E-state index in [0.717, 1.165) is 39.8 Å². The molecule has 0 bridgehead atoms. The summed E-state index contributed by atoms with van der Waals surface area (Å²) in [6, 6.07) is 29.3. The molecule has 0 unspecified atom stereocenters. The van der Waals surface area contributed by atoms with E-state index < -0.39 is 0 Å². The Hall–Kier alpha value is -3.43. The number of para-hydroxylation sites is 2. The Balaban J connectivity index is 1.37. The predicted octanol–water partition coefficient (Wildman–Crippen LogP) is 6.96. The van der Waals surface area contributed by atoms with Gasteiger partial charge in [0, 0.05) is 6.20 Å². The predicted molar refractivity (Wildman–Crippen MR) is 141 cm³/mol. The molecule has 0 fully saturated rings. The van der Waals surface area contributed by atoms with Crippen LogP contribution in [-0.2, 0) is 32.8 Å². The number of imidazole rings is 1. The molecule has 0 aliphatic carbocycles. The molecule has 5 aromatic rings. The van der Waals surface area contributed by atoms with Gasteiger partial charge in [-0.1, -0.05) is 19.9 Å². The molecule has 0 N–H and O–H groups in total. The van der Waals surface area contributed by atoms with E-state index >= 15 is 0 Å². The summed E-state index contributed by atoms with van der Waals surface area (Å²) in [4.78, 5) is 6.96. The second-order valence-corrected chi connectivity index (χ2v) is 11.1. The third-order valence-corrected chi connectivity index (χ3v) is 8.02. The maximum atomic E-state index is 6.43. The summed E-state index contributed by atoms with van der Waals surface area (Å²) in [5, 5.41) is 0. The summed E-state index contributed by atoms with van der Waals surface area (Å²) >= 11 is 2.39.